The fourth-order valence-electron chi connectivity index (χ4n) is 2.70. The number of hydrogen-bond donors (Lipinski definition) is 5. The average Bonchev–Trinajstić information content (AvgIpc) is 3.01. The van der Waals surface area contributed by atoms with Crippen LogP contribution in [-0.2, 0) is 38.1 Å². The van der Waals surface area contributed by atoms with Gasteiger partial charge in [-0.3, -0.25) is 14.3 Å². The second kappa shape index (κ2) is 9.68. The zero-order valence-electron chi connectivity index (χ0n) is 15.5. The minimum Gasteiger partial charge on any atom is -0.368 e. The molecule has 4 atom stereocenters. The predicted octanol–water partition coefficient (Wildman–Crippen LogP) is 0.510. The molecule has 0 amide bonds. The van der Waals surface area contributed by atoms with Crippen LogP contribution in [0.3, 0.4) is 0 Å². The van der Waals surface area contributed by atoms with Gasteiger partial charge >= 0.3 is 29.2 Å². The molecule has 0 radical (unpaired) electrons. The van der Waals surface area contributed by atoms with Crippen LogP contribution in [0.15, 0.2) is 15.8 Å². The highest BCUT2D eigenvalue weighted by Gasteiger charge is 2.41. The summed E-state index contributed by atoms with van der Waals surface area (Å²) in [6, 6.07) is 0. The van der Waals surface area contributed by atoms with Gasteiger partial charge in [0, 0.05) is 12.7 Å². The quantitative estimate of drug-likeness (QED) is 0.280. The lowest BCUT2D eigenvalue weighted by atomic mass is 10.1. The van der Waals surface area contributed by atoms with Crippen LogP contribution in [0.4, 0.5) is 0 Å². The standard InChI is InChI=1S/C12H21N2O13P3/c1-2-5-14-6-9(11(15)13-12(14)16)10-4-3-8(25-10)7-24-29(20,21)27-30(22,23)26-28(17,18)19/h6,8,10H,2-5,7H2,1H3,(H,20,21)(H,22,23)(H,13,15,16)(H2,17,18,19)/t8-,10+/m0/s1. The van der Waals surface area contributed by atoms with Crippen molar-refractivity contribution in [2.75, 3.05) is 6.61 Å². The minimum atomic E-state index is -5.60. The second-order valence-electron chi connectivity index (χ2n) is 6.25. The van der Waals surface area contributed by atoms with Crippen LogP contribution < -0.4 is 11.2 Å². The maximum absolute atomic E-state index is 12.1. The highest BCUT2D eigenvalue weighted by atomic mass is 31.3. The minimum absolute atomic E-state index is 0.184. The van der Waals surface area contributed by atoms with Crippen molar-refractivity contribution in [3.05, 3.63) is 32.6 Å². The Hall–Kier alpha value is -0.950. The summed E-state index contributed by atoms with van der Waals surface area (Å²) in [6.07, 6.45) is 1.07. The summed E-state index contributed by atoms with van der Waals surface area (Å²) in [4.78, 5) is 61.5. The molecule has 1 saturated heterocycles. The molecule has 2 heterocycles. The van der Waals surface area contributed by atoms with Gasteiger partial charge in [-0.15, -0.1) is 0 Å². The summed E-state index contributed by atoms with van der Waals surface area (Å²) in [5.41, 5.74) is -1.01. The first-order chi connectivity index (χ1) is 13.7. The van der Waals surface area contributed by atoms with E-state index >= 15 is 0 Å². The van der Waals surface area contributed by atoms with Gasteiger partial charge in [-0.05, 0) is 19.3 Å². The van der Waals surface area contributed by atoms with Crippen molar-refractivity contribution in [2.45, 2.75) is 44.9 Å². The molecule has 1 fully saturated rings. The van der Waals surface area contributed by atoms with Crippen molar-refractivity contribution < 1.29 is 51.2 Å². The smallest absolute Gasteiger partial charge is 0.368 e. The van der Waals surface area contributed by atoms with E-state index in [-0.39, 0.29) is 12.0 Å². The van der Waals surface area contributed by atoms with Gasteiger partial charge in [-0.1, -0.05) is 6.92 Å². The Kier molecular flexibility index (Phi) is 8.17. The van der Waals surface area contributed by atoms with E-state index in [2.05, 4.69) is 18.1 Å². The molecular weight excluding hydrogens is 473 g/mol. The van der Waals surface area contributed by atoms with Crippen LogP contribution in [0.2, 0.25) is 0 Å². The first-order valence-corrected chi connectivity index (χ1v) is 13.0. The van der Waals surface area contributed by atoms with Crippen LogP contribution >= 0.6 is 23.5 Å². The summed E-state index contributed by atoms with van der Waals surface area (Å²) in [6.45, 7) is 1.62. The third-order valence-electron chi connectivity index (χ3n) is 3.80. The van der Waals surface area contributed by atoms with Gasteiger partial charge in [0.15, 0.2) is 0 Å². The monoisotopic (exact) mass is 494 g/mol. The van der Waals surface area contributed by atoms with E-state index in [4.69, 9.17) is 19.4 Å². The van der Waals surface area contributed by atoms with Crippen molar-refractivity contribution >= 4 is 23.5 Å². The number of H-pyrrole nitrogens is 1. The molecule has 0 aromatic carbocycles. The second-order valence-corrected chi connectivity index (χ2v) is 10.7. The Bertz CT molecular complexity index is 1010. The van der Waals surface area contributed by atoms with Crippen LogP contribution in [0, 0.1) is 0 Å². The summed E-state index contributed by atoms with van der Waals surface area (Å²) < 4.78 is 52.2. The Morgan fingerprint density at radius 3 is 2.40 bits per heavy atom. The van der Waals surface area contributed by atoms with E-state index in [9.17, 15) is 28.2 Å². The lowest BCUT2D eigenvalue weighted by molar-refractivity contribution is 0.00919. The van der Waals surface area contributed by atoms with Crippen molar-refractivity contribution in [3.63, 3.8) is 0 Å². The first kappa shape index (κ1) is 25.3. The zero-order chi connectivity index (χ0) is 22.7. The Morgan fingerprint density at radius 2 is 1.80 bits per heavy atom. The molecule has 18 heteroatoms. The summed E-state index contributed by atoms with van der Waals surface area (Å²) >= 11 is 0. The molecule has 0 saturated carbocycles. The van der Waals surface area contributed by atoms with E-state index < -0.39 is 53.5 Å². The number of nitrogens with one attached hydrogen (secondary N) is 1. The van der Waals surface area contributed by atoms with Gasteiger partial charge in [0.2, 0.25) is 0 Å². The van der Waals surface area contributed by atoms with Gasteiger partial charge in [-0.25, -0.2) is 18.5 Å². The number of phosphoric ester groups is 1. The third kappa shape index (κ3) is 7.63. The fourth-order valence-corrected chi connectivity index (χ4v) is 5.75. The number of phosphoric acid groups is 3. The van der Waals surface area contributed by atoms with Crippen LogP contribution in [0.25, 0.3) is 0 Å². The molecule has 30 heavy (non-hydrogen) atoms. The van der Waals surface area contributed by atoms with E-state index in [0.29, 0.717) is 19.4 Å². The van der Waals surface area contributed by atoms with E-state index in [1.807, 2.05) is 6.92 Å². The summed E-state index contributed by atoms with van der Waals surface area (Å²) in [7, 11) is -16.3. The maximum Gasteiger partial charge on any atom is 0.490 e. The van der Waals surface area contributed by atoms with Crippen LogP contribution in [-0.4, -0.2) is 41.8 Å². The fraction of sp³-hybridized carbons (Fsp3) is 0.667. The van der Waals surface area contributed by atoms with Gasteiger partial charge in [0.25, 0.3) is 5.56 Å². The number of ether oxygens (including phenoxy) is 1. The lowest BCUT2D eigenvalue weighted by Gasteiger charge is -2.18. The van der Waals surface area contributed by atoms with Gasteiger partial charge in [0.05, 0.1) is 24.4 Å². The van der Waals surface area contributed by atoms with Gasteiger partial charge < -0.3 is 28.9 Å². The van der Waals surface area contributed by atoms with Gasteiger partial charge in [-0.2, -0.15) is 8.62 Å². The molecule has 0 spiro atoms. The van der Waals surface area contributed by atoms with E-state index in [1.54, 1.807) is 0 Å². The Labute approximate surface area is 169 Å². The molecule has 1 aromatic heterocycles. The van der Waals surface area contributed by atoms with Crippen LogP contribution in [0.1, 0.15) is 37.9 Å². The molecular formula is C12H21N2O13P3. The van der Waals surface area contributed by atoms with Gasteiger partial charge in [0.1, 0.15) is 0 Å². The molecule has 2 rings (SSSR count). The average molecular weight is 494 g/mol. The molecule has 0 aliphatic carbocycles. The highest BCUT2D eigenvalue weighted by Crippen LogP contribution is 2.66. The molecule has 1 aliphatic rings. The third-order valence-corrected chi connectivity index (χ3v) is 7.60. The maximum atomic E-state index is 12.1. The van der Waals surface area contributed by atoms with Crippen molar-refractivity contribution in [2.24, 2.45) is 0 Å². The largest absolute Gasteiger partial charge is 0.490 e. The zero-order valence-corrected chi connectivity index (χ0v) is 18.2. The topological polar surface area (TPSA) is 224 Å². The molecule has 1 aliphatic heterocycles. The number of rotatable bonds is 10. The molecule has 2 unspecified atom stereocenters. The number of nitrogens with zero attached hydrogens (tertiary/aromatic N) is 1. The van der Waals surface area contributed by atoms with Crippen LogP contribution in [0.5, 0.6) is 0 Å². The van der Waals surface area contributed by atoms with Crippen molar-refractivity contribution in [3.8, 4) is 0 Å². The number of aromatic amines is 1. The number of hydrogen-bond acceptors (Lipinski definition) is 9. The number of aromatic nitrogens is 2. The molecule has 172 valence electrons. The molecule has 1 aromatic rings. The summed E-state index contributed by atoms with van der Waals surface area (Å²) in [5.74, 6) is 0. The van der Waals surface area contributed by atoms with E-state index in [0.717, 1.165) is 0 Å². The summed E-state index contributed by atoms with van der Waals surface area (Å²) in [5, 5.41) is 0. The first-order valence-electron chi connectivity index (χ1n) is 8.49. The van der Waals surface area contributed by atoms with E-state index in [1.165, 1.54) is 10.8 Å². The predicted molar refractivity (Wildman–Crippen MR) is 98.3 cm³/mol. The molecule has 15 nitrogen and oxygen atoms in total. The highest BCUT2D eigenvalue weighted by molar-refractivity contribution is 7.66. The molecule has 0 bridgehead atoms. The van der Waals surface area contributed by atoms with Crippen molar-refractivity contribution in [1.29, 1.82) is 0 Å². The molecule has 5 N–H and O–H groups in total. The Balaban J connectivity index is 1.99. The normalized spacial score (nSPS) is 23.8. The number of aryl methyl sites for hydroxylation is 1. The Morgan fingerprint density at radius 1 is 1.13 bits per heavy atom. The lowest BCUT2D eigenvalue weighted by Crippen LogP contribution is -2.32. The SMILES string of the molecule is CCCn1cc([C@H]2CC[C@@H](COP(=O)(O)OP(=O)(O)OP(=O)(O)O)O2)c(=O)[nH]c1=O. The van der Waals surface area contributed by atoms with Crippen molar-refractivity contribution in [1.82, 2.24) is 9.55 Å².